The van der Waals surface area contributed by atoms with Crippen molar-refractivity contribution in [2.75, 3.05) is 18.0 Å². The van der Waals surface area contributed by atoms with Crippen molar-refractivity contribution in [2.24, 2.45) is 0 Å². The topological polar surface area (TPSA) is 3.24 Å². The van der Waals surface area contributed by atoms with Crippen LogP contribution in [0, 0.1) is 6.92 Å². The van der Waals surface area contributed by atoms with Gasteiger partial charge in [0.2, 0.25) is 0 Å². The van der Waals surface area contributed by atoms with Gasteiger partial charge in [-0.3, -0.25) is 0 Å². The van der Waals surface area contributed by atoms with Gasteiger partial charge in [0, 0.05) is 27.7 Å². The molecule has 114 valence electrons. The van der Waals surface area contributed by atoms with Gasteiger partial charge in [-0.05, 0) is 30.7 Å². The lowest BCUT2D eigenvalue weighted by Crippen LogP contribution is -2.25. The van der Waals surface area contributed by atoms with Gasteiger partial charge >= 0.3 is 0 Å². The van der Waals surface area contributed by atoms with Gasteiger partial charge in [-0.15, -0.1) is 0 Å². The van der Waals surface area contributed by atoms with Gasteiger partial charge in [-0.25, -0.2) is 0 Å². The molecule has 0 aromatic heterocycles. The molecule has 0 aliphatic rings. The van der Waals surface area contributed by atoms with Gasteiger partial charge in [-0.2, -0.15) is 0 Å². The molecule has 22 heavy (non-hydrogen) atoms. The van der Waals surface area contributed by atoms with Crippen LogP contribution in [-0.4, -0.2) is 13.1 Å². The first-order chi connectivity index (χ1) is 10.5. The van der Waals surface area contributed by atoms with E-state index in [2.05, 4.69) is 92.7 Å². The Kier molecular flexibility index (Phi) is 6.47. The molecule has 0 fully saturated rings. The van der Waals surface area contributed by atoms with E-state index in [4.69, 9.17) is 0 Å². The average molecular weight is 421 g/mol. The second kappa shape index (κ2) is 8.35. The van der Waals surface area contributed by atoms with E-state index < -0.39 is 0 Å². The van der Waals surface area contributed by atoms with Gasteiger partial charge < -0.3 is 4.90 Å². The lowest BCUT2D eigenvalue weighted by molar-refractivity contribution is 0.947. The van der Waals surface area contributed by atoms with Gasteiger partial charge in [0.1, 0.15) is 0 Å². The van der Waals surface area contributed by atoms with E-state index in [0.29, 0.717) is 0 Å². The molecule has 0 aliphatic carbocycles. The van der Waals surface area contributed by atoms with Crippen LogP contribution in [0.25, 0.3) is 6.08 Å². The van der Waals surface area contributed by atoms with Crippen molar-refractivity contribution in [3.05, 3.63) is 81.3 Å². The van der Waals surface area contributed by atoms with E-state index in [1.165, 1.54) is 16.8 Å². The molecule has 2 aromatic rings. The molecule has 0 N–H and O–H groups in total. The minimum absolute atomic E-state index is 0.765. The monoisotopic (exact) mass is 419 g/mol. The van der Waals surface area contributed by atoms with E-state index in [9.17, 15) is 0 Å². The fourth-order valence-electron chi connectivity index (χ4n) is 2.16. The predicted molar refractivity (Wildman–Crippen MR) is 105 cm³/mol. The summed E-state index contributed by atoms with van der Waals surface area (Å²) in [6.45, 7) is 7.63. The molecule has 0 saturated heterocycles. The third-order valence-corrected chi connectivity index (χ3v) is 3.96. The van der Waals surface area contributed by atoms with Crippen LogP contribution in [0.15, 0.2) is 70.1 Å². The highest BCUT2D eigenvalue weighted by atomic mass is 79.9. The SMILES string of the molecule is C=C(Br)CN(C/C(Br)=C/c1ccccc1)c1ccc(C)cc1. The van der Waals surface area contributed by atoms with Crippen LogP contribution in [0.3, 0.4) is 0 Å². The Morgan fingerprint density at radius 2 is 1.64 bits per heavy atom. The zero-order valence-electron chi connectivity index (χ0n) is 12.6. The summed E-state index contributed by atoms with van der Waals surface area (Å²) in [4.78, 5) is 2.28. The smallest absolute Gasteiger partial charge is 0.0499 e. The summed E-state index contributed by atoms with van der Waals surface area (Å²) >= 11 is 7.16. The van der Waals surface area contributed by atoms with Crippen molar-refractivity contribution in [2.45, 2.75) is 6.92 Å². The molecule has 0 bridgehead atoms. The molecule has 0 radical (unpaired) electrons. The lowest BCUT2D eigenvalue weighted by Gasteiger charge is -2.24. The highest BCUT2D eigenvalue weighted by Gasteiger charge is 2.08. The molecule has 0 aliphatic heterocycles. The van der Waals surface area contributed by atoms with Crippen LogP contribution in [0.5, 0.6) is 0 Å². The second-order valence-electron chi connectivity index (χ2n) is 5.21. The van der Waals surface area contributed by atoms with Gasteiger partial charge in [0.25, 0.3) is 0 Å². The van der Waals surface area contributed by atoms with Crippen LogP contribution in [0.4, 0.5) is 5.69 Å². The summed E-state index contributed by atoms with van der Waals surface area (Å²) in [5.74, 6) is 0. The molecule has 0 saturated carbocycles. The molecule has 0 spiro atoms. The lowest BCUT2D eigenvalue weighted by atomic mass is 10.2. The average Bonchev–Trinajstić information content (AvgIpc) is 2.48. The van der Waals surface area contributed by atoms with Crippen molar-refractivity contribution in [1.29, 1.82) is 0 Å². The Balaban J connectivity index is 2.17. The first-order valence-corrected chi connectivity index (χ1v) is 8.69. The van der Waals surface area contributed by atoms with Gasteiger partial charge in [0.05, 0.1) is 0 Å². The Bertz CT molecular complexity index is 645. The molecule has 0 heterocycles. The quantitative estimate of drug-likeness (QED) is 0.541. The van der Waals surface area contributed by atoms with Gasteiger partial charge in [0.15, 0.2) is 0 Å². The third-order valence-electron chi connectivity index (χ3n) is 3.23. The Morgan fingerprint density at radius 1 is 1.00 bits per heavy atom. The highest BCUT2D eigenvalue weighted by Crippen LogP contribution is 2.22. The number of hydrogen-bond acceptors (Lipinski definition) is 1. The molecule has 1 nitrogen and oxygen atoms in total. The number of anilines is 1. The minimum atomic E-state index is 0.765. The molecular weight excluding hydrogens is 402 g/mol. The fourth-order valence-corrected chi connectivity index (χ4v) is 3.03. The van der Waals surface area contributed by atoms with E-state index in [0.717, 1.165) is 22.1 Å². The standard InChI is InChI=1S/C19H19Br2N/c1-15-8-10-19(11-9-15)22(13-16(2)20)14-18(21)12-17-6-4-3-5-7-17/h3-12H,2,13-14H2,1H3/b18-12-. The number of aryl methyl sites for hydroxylation is 1. The number of nitrogens with zero attached hydrogens (tertiary/aromatic N) is 1. The minimum Gasteiger partial charge on any atom is -0.362 e. The summed E-state index contributed by atoms with van der Waals surface area (Å²) in [7, 11) is 0. The van der Waals surface area contributed by atoms with Crippen LogP contribution in [0.1, 0.15) is 11.1 Å². The molecular formula is C19H19Br2N. The largest absolute Gasteiger partial charge is 0.362 e. The second-order valence-corrected chi connectivity index (χ2v) is 7.35. The molecule has 0 amide bonds. The van der Waals surface area contributed by atoms with Crippen molar-refractivity contribution in [3.8, 4) is 0 Å². The summed E-state index contributed by atoms with van der Waals surface area (Å²) in [5, 5.41) is 0. The molecule has 0 unspecified atom stereocenters. The Hall–Kier alpha value is -1.32. The molecule has 2 rings (SSSR count). The van der Waals surface area contributed by atoms with Crippen molar-refractivity contribution in [3.63, 3.8) is 0 Å². The van der Waals surface area contributed by atoms with Crippen molar-refractivity contribution >= 4 is 43.6 Å². The summed E-state index contributed by atoms with van der Waals surface area (Å²) < 4.78 is 2.10. The summed E-state index contributed by atoms with van der Waals surface area (Å²) in [6.07, 6.45) is 2.15. The number of halogens is 2. The molecule has 2 aromatic carbocycles. The highest BCUT2D eigenvalue weighted by molar-refractivity contribution is 9.12. The maximum absolute atomic E-state index is 3.97. The van der Waals surface area contributed by atoms with Crippen molar-refractivity contribution in [1.82, 2.24) is 0 Å². The Labute approximate surface area is 149 Å². The summed E-state index contributed by atoms with van der Waals surface area (Å²) in [6, 6.07) is 18.9. The fraction of sp³-hybridized carbons (Fsp3) is 0.158. The third kappa shape index (κ3) is 5.47. The van der Waals surface area contributed by atoms with Crippen LogP contribution < -0.4 is 4.90 Å². The zero-order chi connectivity index (χ0) is 15.9. The maximum atomic E-state index is 3.97. The van der Waals surface area contributed by atoms with Crippen molar-refractivity contribution < 1.29 is 0 Å². The van der Waals surface area contributed by atoms with Crippen LogP contribution in [0.2, 0.25) is 0 Å². The van der Waals surface area contributed by atoms with E-state index in [1.54, 1.807) is 0 Å². The Morgan fingerprint density at radius 3 is 2.23 bits per heavy atom. The zero-order valence-corrected chi connectivity index (χ0v) is 15.8. The molecule has 3 heteroatoms. The van der Waals surface area contributed by atoms with Crippen LogP contribution in [-0.2, 0) is 0 Å². The first kappa shape index (κ1) is 17.0. The van der Waals surface area contributed by atoms with E-state index in [1.807, 2.05) is 18.2 Å². The predicted octanol–water partition coefficient (Wildman–Crippen LogP) is 6.15. The number of benzene rings is 2. The summed E-state index contributed by atoms with van der Waals surface area (Å²) in [5.41, 5.74) is 3.64. The first-order valence-electron chi connectivity index (χ1n) is 7.10. The maximum Gasteiger partial charge on any atom is 0.0499 e. The molecule has 0 atom stereocenters. The van der Waals surface area contributed by atoms with E-state index >= 15 is 0 Å². The van der Waals surface area contributed by atoms with Crippen LogP contribution >= 0.6 is 31.9 Å². The van der Waals surface area contributed by atoms with Gasteiger partial charge in [-0.1, -0.05) is 86.5 Å². The number of hydrogen-bond donors (Lipinski definition) is 0. The number of rotatable bonds is 6. The van der Waals surface area contributed by atoms with E-state index in [-0.39, 0.29) is 0 Å². The normalized spacial score (nSPS) is 11.3.